The average molecular weight is 495 g/mol. The molecular formula is C22H46BO7P2+. The molecule has 1 heterocycles. The van der Waals surface area contributed by atoms with Gasteiger partial charge in [-0.1, -0.05) is 34.6 Å². The Balaban J connectivity index is 3.17. The normalized spacial score (nSPS) is 26.9. The van der Waals surface area contributed by atoms with E-state index in [2.05, 4.69) is 0 Å². The molecule has 1 aliphatic heterocycles. The molecule has 188 valence electrons. The SMILES string of the molecule is [B][C@H]1CCC(CC(C)(CC)OP(O)C(C)(CC)C(C)(CC)O[P+](O)(O)C(O)(CC)CC)O1. The molecule has 0 bridgehead atoms. The van der Waals surface area contributed by atoms with Gasteiger partial charge in [-0.05, 0) is 52.9 Å². The lowest BCUT2D eigenvalue weighted by Crippen LogP contribution is -2.52. The zero-order valence-corrected chi connectivity index (χ0v) is 23.1. The first-order chi connectivity index (χ1) is 14.6. The molecule has 0 aromatic carbocycles. The molecular weight excluding hydrogens is 449 g/mol. The second-order valence-corrected chi connectivity index (χ2v) is 13.6. The van der Waals surface area contributed by atoms with Crippen LogP contribution in [-0.2, 0) is 13.8 Å². The van der Waals surface area contributed by atoms with Crippen LogP contribution in [0.4, 0.5) is 0 Å². The molecule has 32 heavy (non-hydrogen) atoms. The zero-order valence-electron chi connectivity index (χ0n) is 21.3. The van der Waals surface area contributed by atoms with Crippen LogP contribution in [0.2, 0.25) is 0 Å². The van der Waals surface area contributed by atoms with E-state index in [0.29, 0.717) is 25.7 Å². The summed E-state index contributed by atoms with van der Waals surface area (Å²) in [6.45, 7) is 14.8. The van der Waals surface area contributed by atoms with Gasteiger partial charge in [-0.2, -0.15) is 14.3 Å². The topological polar surface area (TPSA) is 109 Å². The second-order valence-electron chi connectivity index (χ2n) is 9.78. The van der Waals surface area contributed by atoms with Gasteiger partial charge in [0.2, 0.25) is 0 Å². The van der Waals surface area contributed by atoms with Crippen molar-refractivity contribution in [1.82, 2.24) is 0 Å². The van der Waals surface area contributed by atoms with E-state index in [0.717, 1.165) is 12.8 Å². The van der Waals surface area contributed by atoms with Gasteiger partial charge >= 0.3 is 7.94 Å². The Morgan fingerprint density at radius 3 is 1.91 bits per heavy atom. The maximum atomic E-state index is 11.4. The lowest BCUT2D eigenvalue weighted by Gasteiger charge is -2.48. The van der Waals surface area contributed by atoms with Crippen molar-refractivity contribution in [2.45, 2.75) is 141 Å². The molecule has 5 unspecified atom stereocenters. The van der Waals surface area contributed by atoms with E-state index in [1.807, 2.05) is 34.6 Å². The fourth-order valence-electron chi connectivity index (χ4n) is 4.20. The van der Waals surface area contributed by atoms with Gasteiger partial charge in [0.05, 0.1) is 16.9 Å². The molecule has 0 aromatic heterocycles. The van der Waals surface area contributed by atoms with Crippen molar-refractivity contribution in [3.63, 3.8) is 0 Å². The van der Waals surface area contributed by atoms with Crippen molar-refractivity contribution in [3.05, 3.63) is 0 Å². The molecule has 2 radical (unpaired) electrons. The highest BCUT2D eigenvalue weighted by atomic mass is 31.2. The van der Waals surface area contributed by atoms with Gasteiger partial charge in [0.25, 0.3) is 5.34 Å². The highest BCUT2D eigenvalue weighted by Crippen LogP contribution is 2.70. The Morgan fingerprint density at radius 1 is 0.969 bits per heavy atom. The standard InChI is InChI=1S/C22H46BO7P2/c1-9-19(6,16-17-14-15-18(23)28-17)29-31(25)21(8,11-3)20(7,10-2)30-32(26,27)22(24,12-4)13-5/h17-18,24-27H,9-16H2,1-8H3/q+1/t17?,18-,19?,20?,21?,31?/m1/s1. The number of ether oxygens (including phenoxy) is 1. The van der Waals surface area contributed by atoms with Crippen LogP contribution in [-0.4, -0.2) is 61.4 Å². The van der Waals surface area contributed by atoms with Crippen LogP contribution in [0.15, 0.2) is 0 Å². The Hall–Kier alpha value is 0.645. The van der Waals surface area contributed by atoms with Gasteiger partial charge in [-0.15, -0.1) is 0 Å². The third-order valence-corrected chi connectivity index (χ3v) is 12.4. The molecule has 0 amide bonds. The van der Waals surface area contributed by atoms with Gasteiger partial charge in [0, 0.05) is 25.3 Å². The number of aliphatic hydroxyl groups is 1. The molecule has 4 N–H and O–H groups in total. The third kappa shape index (κ3) is 6.44. The summed E-state index contributed by atoms with van der Waals surface area (Å²) in [4.78, 5) is 33.2. The maximum absolute atomic E-state index is 11.4. The first-order valence-electron chi connectivity index (χ1n) is 12.0. The smallest absolute Gasteiger partial charge is 0.385 e. The Labute approximate surface area is 198 Å². The largest absolute Gasteiger partial charge is 0.441 e. The molecule has 0 spiro atoms. The summed E-state index contributed by atoms with van der Waals surface area (Å²) < 4.78 is 18.1. The van der Waals surface area contributed by atoms with Crippen molar-refractivity contribution in [1.29, 1.82) is 0 Å². The summed E-state index contributed by atoms with van der Waals surface area (Å²) in [5.41, 5.74) is -1.77. The van der Waals surface area contributed by atoms with Crippen LogP contribution in [0, 0.1) is 0 Å². The van der Waals surface area contributed by atoms with Crippen LogP contribution in [0.3, 0.4) is 0 Å². The summed E-state index contributed by atoms with van der Waals surface area (Å²) in [5, 5.41) is 8.16. The molecule has 0 aliphatic carbocycles. The summed E-state index contributed by atoms with van der Waals surface area (Å²) in [5.74, 6) is 0. The molecule has 7 nitrogen and oxygen atoms in total. The average Bonchev–Trinajstić information content (AvgIpc) is 3.15. The molecule has 6 atom stereocenters. The molecule has 1 fully saturated rings. The van der Waals surface area contributed by atoms with Crippen LogP contribution in [0.1, 0.15) is 107 Å². The van der Waals surface area contributed by atoms with Crippen LogP contribution < -0.4 is 0 Å². The first kappa shape index (κ1) is 30.7. The number of hydrogen-bond donors (Lipinski definition) is 4. The fourth-order valence-corrected chi connectivity index (χ4v) is 7.86. The predicted octanol–water partition coefficient (Wildman–Crippen LogP) is 5.15. The van der Waals surface area contributed by atoms with Crippen LogP contribution in [0.5, 0.6) is 0 Å². The summed E-state index contributed by atoms with van der Waals surface area (Å²) in [6.07, 6.45) is 4.12. The third-order valence-electron chi connectivity index (χ3n) is 7.78. The van der Waals surface area contributed by atoms with E-state index in [9.17, 15) is 19.8 Å². The Kier molecular flexibility index (Phi) is 11.1. The van der Waals surface area contributed by atoms with E-state index in [-0.39, 0.29) is 24.9 Å². The van der Waals surface area contributed by atoms with E-state index in [1.165, 1.54) is 0 Å². The summed E-state index contributed by atoms with van der Waals surface area (Å²) >= 11 is 0. The Morgan fingerprint density at radius 2 is 1.53 bits per heavy atom. The zero-order chi connectivity index (χ0) is 25.0. The minimum atomic E-state index is -4.18. The van der Waals surface area contributed by atoms with Crippen molar-refractivity contribution in [2.24, 2.45) is 0 Å². The number of rotatable bonds is 14. The lowest BCUT2D eigenvalue weighted by atomic mass is 9.85. The van der Waals surface area contributed by atoms with Crippen LogP contribution in [0.25, 0.3) is 0 Å². The molecule has 0 aromatic rings. The fraction of sp³-hybridized carbons (Fsp3) is 1.00. The van der Waals surface area contributed by atoms with Gasteiger partial charge < -0.3 is 19.3 Å². The van der Waals surface area contributed by atoms with E-state index >= 15 is 0 Å². The van der Waals surface area contributed by atoms with E-state index < -0.39 is 38.0 Å². The highest BCUT2D eigenvalue weighted by molar-refractivity contribution is 7.61. The Bertz CT molecular complexity index is 595. The molecule has 1 rings (SSSR count). The molecule has 10 heteroatoms. The monoisotopic (exact) mass is 495 g/mol. The quantitative estimate of drug-likeness (QED) is 0.195. The predicted molar refractivity (Wildman–Crippen MR) is 133 cm³/mol. The molecule has 1 saturated heterocycles. The van der Waals surface area contributed by atoms with Crippen molar-refractivity contribution in [2.75, 3.05) is 0 Å². The first-order valence-corrected chi connectivity index (χ1v) is 14.8. The highest BCUT2D eigenvalue weighted by Gasteiger charge is 2.65. The summed E-state index contributed by atoms with van der Waals surface area (Å²) in [6, 6.07) is -0.253. The van der Waals surface area contributed by atoms with Gasteiger partial charge in [-0.3, -0.25) is 0 Å². The molecule has 1 aliphatic rings. The minimum Gasteiger partial charge on any atom is -0.385 e. The van der Waals surface area contributed by atoms with Gasteiger partial charge in [0.1, 0.15) is 13.4 Å². The van der Waals surface area contributed by atoms with Crippen molar-refractivity contribution < 1.29 is 33.6 Å². The maximum Gasteiger partial charge on any atom is 0.441 e. The summed E-state index contributed by atoms with van der Waals surface area (Å²) in [7, 11) is -0.336. The number of hydrogen-bond acceptors (Lipinski definition) is 7. The van der Waals surface area contributed by atoms with E-state index in [4.69, 9.17) is 21.6 Å². The van der Waals surface area contributed by atoms with Crippen LogP contribution >= 0.6 is 16.3 Å². The lowest BCUT2D eigenvalue weighted by molar-refractivity contribution is -0.0325. The van der Waals surface area contributed by atoms with Gasteiger partial charge in [0.15, 0.2) is 8.38 Å². The van der Waals surface area contributed by atoms with Crippen molar-refractivity contribution >= 4 is 24.2 Å². The van der Waals surface area contributed by atoms with E-state index in [1.54, 1.807) is 20.8 Å². The minimum absolute atomic E-state index is 0.0161. The molecule has 0 saturated carbocycles. The van der Waals surface area contributed by atoms with Crippen molar-refractivity contribution in [3.8, 4) is 0 Å². The van der Waals surface area contributed by atoms with Gasteiger partial charge in [-0.25, -0.2) is 0 Å². The second kappa shape index (κ2) is 11.6.